The van der Waals surface area contributed by atoms with Crippen molar-refractivity contribution < 1.29 is 22.4 Å². The monoisotopic (exact) mass is 493 g/mol. The Bertz CT molecular complexity index is 1640. The molecule has 0 bridgehead atoms. The second kappa shape index (κ2) is 8.84. The van der Waals surface area contributed by atoms with Gasteiger partial charge in [0.15, 0.2) is 17.2 Å². The largest absolute Gasteiger partial charge is 0.495 e. The second-order valence-electron chi connectivity index (χ2n) is 7.79. The molecule has 0 radical (unpaired) electrons. The lowest BCUT2D eigenvalue weighted by Gasteiger charge is -2.12. The Hall–Kier alpha value is -4.25. The zero-order chi connectivity index (χ0) is 24.6. The summed E-state index contributed by atoms with van der Waals surface area (Å²) in [5, 5.41) is 16.4. The van der Waals surface area contributed by atoms with Crippen LogP contribution in [0.2, 0.25) is 0 Å². The molecule has 180 valence electrons. The van der Waals surface area contributed by atoms with Crippen LogP contribution in [0.15, 0.2) is 64.0 Å². The van der Waals surface area contributed by atoms with Crippen molar-refractivity contribution in [3.63, 3.8) is 0 Å². The summed E-state index contributed by atoms with van der Waals surface area (Å²) in [5.74, 6) is 1.33. The number of ether oxygens (including phenoxy) is 2. The van der Waals surface area contributed by atoms with Crippen molar-refractivity contribution in [3.05, 3.63) is 60.3 Å². The van der Waals surface area contributed by atoms with E-state index in [2.05, 4.69) is 25.4 Å². The summed E-state index contributed by atoms with van der Waals surface area (Å²) in [6.45, 7) is 2.02. The Labute approximate surface area is 201 Å². The van der Waals surface area contributed by atoms with Crippen LogP contribution in [0, 0.1) is 0 Å². The molecule has 0 unspecified atom stereocenters. The number of hydrogen-bond acceptors (Lipinski definition) is 8. The van der Waals surface area contributed by atoms with Crippen molar-refractivity contribution >= 4 is 49.1 Å². The molecule has 0 fully saturated rings. The summed E-state index contributed by atoms with van der Waals surface area (Å²) in [4.78, 5) is -0.00892. The fourth-order valence-electron chi connectivity index (χ4n) is 3.80. The van der Waals surface area contributed by atoms with Crippen LogP contribution in [0.25, 0.3) is 21.7 Å². The van der Waals surface area contributed by atoms with Crippen LogP contribution in [0.5, 0.6) is 11.5 Å². The van der Waals surface area contributed by atoms with Crippen LogP contribution < -0.4 is 19.5 Å². The van der Waals surface area contributed by atoms with E-state index < -0.39 is 10.0 Å². The third kappa shape index (κ3) is 4.21. The summed E-state index contributed by atoms with van der Waals surface area (Å²) in [7, 11) is -1.11. The quantitative estimate of drug-likeness (QED) is 0.280. The van der Waals surface area contributed by atoms with Gasteiger partial charge in [-0.15, -0.1) is 0 Å². The summed E-state index contributed by atoms with van der Waals surface area (Å²) < 4.78 is 45.5. The Kier molecular flexibility index (Phi) is 5.69. The first-order valence-corrected chi connectivity index (χ1v) is 12.3. The van der Waals surface area contributed by atoms with Gasteiger partial charge in [0.05, 0.1) is 25.3 Å². The number of rotatable bonds is 8. The highest BCUT2D eigenvalue weighted by Crippen LogP contribution is 2.37. The Morgan fingerprint density at radius 3 is 2.43 bits per heavy atom. The van der Waals surface area contributed by atoms with E-state index in [9.17, 15) is 8.42 Å². The van der Waals surface area contributed by atoms with Crippen LogP contribution in [0.4, 0.5) is 17.3 Å². The molecule has 0 spiro atoms. The van der Waals surface area contributed by atoms with Crippen LogP contribution in [0.1, 0.15) is 12.6 Å². The van der Waals surface area contributed by atoms with Gasteiger partial charge in [0, 0.05) is 17.8 Å². The maximum Gasteiger partial charge on any atom is 0.266 e. The number of benzene rings is 3. The molecule has 2 heterocycles. The first-order valence-electron chi connectivity index (χ1n) is 10.8. The fourth-order valence-corrected chi connectivity index (χ4v) is 5.00. The van der Waals surface area contributed by atoms with Gasteiger partial charge in [-0.1, -0.05) is 36.3 Å². The molecule has 5 aromatic rings. The number of aryl methyl sites for hydroxylation is 1. The lowest BCUT2D eigenvalue weighted by atomic mass is 10.1. The van der Waals surface area contributed by atoms with Gasteiger partial charge in [0.1, 0.15) is 16.4 Å². The highest BCUT2D eigenvalue weighted by molar-refractivity contribution is 7.92. The molecule has 3 N–H and O–H groups in total. The smallest absolute Gasteiger partial charge is 0.266 e. The second-order valence-corrected chi connectivity index (χ2v) is 9.44. The van der Waals surface area contributed by atoms with Crippen LogP contribution in [-0.4, -0.2) is 38.0 Å². The fraction of sp³-hybridized carbons (Fsp3) is 0.167. The Morgan fingerprint density at radius 1 is 1.00 bits per heavy atom. The predicted molar refractivity (Wildman–Crippen MR) is 133 cm³/mol. The average molecular weight is 494 g/mol. The van der Waals surface area contributed by atoms with Gasteiger partial charge >= 0.3 is 0 Å². The molecule has 3 aromatic carbocycles. The third-order valence-corrected chi connectivity index (χ3v) is 6.98. The minimum Gasteiger partial charge on any atom is -0.495 e. The predicted octanol–water partition coefficient (Wildman–Crippen LogP) is 4.83. The van der Waals surface area contributed by atoms with Crippen molar-refractivity contribution in [2.75, 3.05) is 24.3 Å². The number of nitrogens with one attached hydrogen (secondary N) is 3. The lowest BCUT2D eigenvalue weighted by Crippen LogP contribution is -2.14. The molecule has 0 amide bonds. The lowest BCUT2D eigenvalue weighted by molar-refractivity contribution is 0.403. The van der Waals surface area contributed by atoms with Crippen LogP contribution >= 0.6 is 0 Å². The first-order chi connectivity index (χ1) is 16.9. The number of H-pyrrole nitrogens is 1. The van der Waals surface area contributed by atoms with E-state index in [1.54, 1.807) is 24.3 Å². The summed E-state index contributed by atoms with van der Waals surface area (Å²) in [6.07, 6.45) is 0.818. The molecule has 0 saturated heterocycles. The number of hydrogen-bond donors (Lipinski definition) is 3. The van der Waals surface area contributed by atoms with Crippen molar-refractivity contribution in [2.45, 2.75) is 18.2 Å². The molecule has 35 heavy (non-hydrogen) atoms. The molecule has 0 saturated carbocycles. The zero-order valence-electron chi connectivity index (χ0n) is 19.2. The van der Waals surface area contributed by atoms with E-state index in [4.69, 9.17) is 14.0 Å². The highest BCUT2D eigenvalue weighted by atomic mass is 32.2. The van der Waals surface area contributed by atoms with E-state index in [0.717, 1.165) is 22.9 Å². The van der Waals surface area contributed by atoms with Crippen molar-refractivity contribution in [3.8, 4) is 11.5 Å². The molecule has 11 heteroatoms. The number of methoxy groups -OCH3 is 2. The van der Waals surface area contributed by atoms with E-state index in [1.165, 1.54) is 14.2 Å². The van der Waals surface area contributed by atoms with Crippen LogP contribution in [0.3, 0.4) is 0 Å². The van der Waals surface area contributed by atoms with Gasteiger partial charge < -0.3 is 19.3 Å². The van der Waals surface area contributed by atoms with Crippen molar-refractivity contribution in [1.82, 2.24) is 15.4 Å². The molecule has 10 nitrogen and oxygen atoms in total. The van der Waals surface area contributed by atoms with Gasteiger partial charge in [0.2, 0.25) is 0 Å². The zero-order valence-corrected chi connectivity index (χ0v) is 20.1. The molecular weight excluding hydrogens is 470 g/mol. The number of anilines is 3. The highest BCUT2D eigenvalue weighted by Gasteiger charge is 2.24. The molecule has 0 atom stereocenters. The van der Waals surface area contributed by atoms with Crippen molar-refractivity contribution in [1.29, 1.82) is 0 Å². The topological polar surface area (TPSA) is 131 Å². The number of aromatic nitrogens is 3. The van der Waals surface area contributed by atoms with E-state index in [1.807, 2.05) is 37.3 Å². The average Bonchev–Trinajstić information content (AvgIpc) is 3.48. The van der Waals surface area contributed by atoms with Gasteiger partial charge in [-0.3, -0.25) is 9.82 Å². The Balaban J connectivity index is 1.51. The van der Waals surface area contributed by atoms with E-state index in [-0.39, 0.29) is 16.5 Å². The third-order valence-electron chi connectivity index (χ3n) is 5.62. The van der Waals surface area contributed by atoms with Gasteiger partial charge in [-0.2, -0.15) is 5.10 Å². The Morgan fingerprint density at radius 2 is 1.74 bits per heavy atom. The number of aromatic amines is 1. The minimum absolute atomic E-state index is 0.00892. The molecule has 2 aromatic heterocycles. The normalized spacial score (nSPS) is 11.6. The summed E-state index contributed by atoms with van der Waals surface area (Å²) in [5.41, 5.74) is 1.94. The summed E-state index contributed by atoms with van der Waals surface area (Å²) in [6, 6.07) is 15.9. The van der Waals surface area contributed by atoms with Crippen molar-refractivity contribution in [2.24, 2.45) is 0 Å². The number of fused-ring (bicyclic) bond motifs is 2. The van der Waals surface area contributed by atoms with Gasteiger partial charge in [-0.25, -0.2) is 8.42 Å². The van der Waals surface area contributed by atoms with E-state index in [0.29, 0.717) is 28.2 Å². The van der Waals surface area contributed by atoms with Crippen LogP contribution in [-0.2, 0) is 16.4 Å². The minimum atomic E-state index is -4.06. The summed E-state index contributed by atoms with van der Waals surface area (Å²) >= 11 is 0. The first kappa shape index (κ1) is 22.5. The maximum absolute atomic E-state index is 13.3. The number of sulfonamides is 1. The van der Waals surface area contributed by atoms with Gasteiger partial charge in [-0.05, 0) is 35.4 Å². The molecular formula is C24H23N5O5S. The molecule has 0 aliphatic rings. The van der Waals surface area contributed by atoms with E-state index >= 15 is 0 Å². The maximum atomic E-state index is 13.3. The number of nitrogens with zero attached hydrogens (tertiary/aromatic N) is 2. The SMILES string of the molecule is CCc1cc(Nc2cc3onc(NS(=O)(=O)c4cc5ccccc5cc4OC)c3cc2OC)n[nH]1. The standard InChI is InChI=1S/C24H23N5O5S/c1-4-16-11-23(27-26-16)25-18-13-19-17(12-20(18)32-2)24(28-34-19)29-35(30,31)22-10-15-8-6-5-7-14(15)9-21(22)33-3/h5-13H,4H2,1-3H3,(H,28,29)(H2,25,26,27). The van der Waals surface area contributed by atoms with Gasteiger partial charge in [0.25, 0.3) is 10.0 Å². The molecule has 0 aliphatic carbocycles. The molecule has 0 aliphatic heterocycles. The molecule has 5 rings (SSSR count).